The number of Topliss-reactive ketones (excluding diaryl/α,β-unsaturated/α-hetero) is 1. The Morgan fingerprint density at radius 2 is 1.48 bits per heavy atom. The van der Waals surface area contributed by atoms with Gasteiger partial charge in [0.2, 0.25) is 0 Å². The molecule has 0 saturated carbocycles. The highest BCUT2D eigenvalue weighted by Gasteiger charge is 2.30. The van der Waals surface area contributed by atoms with Crippen molar-refractivity contribution in [2.45, 2.75) is 18.0 Å². The van der Waals surface area contributed by atoms with Crippen LogP contribution in [0.5, 0.6) is 0 Å². The maximum atomic E-state index is 12.5. The second kappa shape index (κ2) is 6.04. The first-order chi connectivity index (χ1) is 10.6. The van der Waals surface area contributed by atoms with Crippen LogP contribution in [0.3, 0.4) is 0 Å². The molecule has 1 N–H and O–H groups in total. The van der Waals surface area contributed by atoms with Gasteiger partial charge in [-0.15, -0.1) is 0 Å². The van der Waals surface area contributed by atoms with Crippen molar-refractivity contribution in [1.29, 1.82) is 0 Å². The minimum Gasteiger partial charge on any atom is -0.295 e. The molecule has 0 heterocycles. The molecule has 0 amide bonds. The van der Waals surface area contributed by atoms with Crippen LogP contribution in [-0.4, -0.2) is 14.2 Å². The maximum absolute atomic E-state index is 12.5. The van der Waals surface area contributed by atoms with E-state index < -0.39 is 21.8 Å². The Morgan fingerprint density at radius 3 is 1.91 bits per heavy atom. The van der Waals surface area contributed by atoms with Crippen LogP contribution < -0.4 is 4.72 Å². The van der Waals surface area contributed by atoms with E-state index in [9.17, 15) is 26.4 Å². The van der Waals surface area contributed by atoms with Crippen molar-refractivity contribution < 1.29 is 26.4 Å². The van der Waals surface area contributed by atoms with Crippen molar-refractivity contribution in [3.05, 3.63) is 59.7 Å². The van der Waals surface area contributed by atoms with Crippen molar-refractivity contribution in [3.8, 4) is 0 Å². The summed E-state index contributed by atoms with van der Waals surface area (Å²) in [6, 6.07) is 8.88. The smallest absolute Gasteiger partial charge is 0.295 e. The number of alkyl halides is 3. The highest BCUT2D eigenvalue weighted by molar-refractivity contribution is 7.92. The highest BCUT2D eigenvalue weighted by Crippen LogP contribution is 2.30. The molecule has 0 aliphatic heterocycles. The lowest BCUT2D eigenvalue weighted by atomic mass is 10.1. The number of hydrogen-bond donors (Lipinski definition) is 1. The fourth-order valence-corrected chi connectivity index (χ4v) is 2.87. The lowest BCUT2D eigenvalue weighted by molar-refractivity contribution is -0.137. The fourth-order valence-electron chi connectivity index (χ4n) is 1.81. The minimum absolute atomic E-state index is 0.165. The maximum Gasteiger partial charge on any atom is 0.416 e. The summed E-state index contributed by atoms with van der Waals surface area (Å²) in [6.45, 7) is 1.38. The molecular weight excluding hydrogens is 331 g/mol. The Morgan fingerprint density at radius 1 is 0.957 bits per heavy atom. The van der Waals surface area contributed by atoms with Gasteiger partial charge in [0, 0.05) is 11.3 Å². The first-order valence-corrected chi connectivity index (χ1v) is 7.89. The predicted molar refractivity (Wildman–Crippen MR) is 78.7 cm³/mol. The molecule has 0 spiro atoms. The van der Waals surface area contributed by atoms with Crippen LogP contribution in [0.1, 0.15) is 22.8 Å². The van der Waals surface area contributed by atoms with Gasteiger partial charge in [-0.2, -0.15) is 13.2 Å². The largest absolute Gasteiger partial charge is 0.416 e. The topological polar surface area (TPSA) is 63.2 Å². The van der Waals surface area contributed by atoms with Crippen LogP contribution in [0.2, 0.25) is 0 Å². The summed E-state index contributed by atoms with van der Waals surface area (Å²) in [5.74, 6) is -0.165. The van der Waals surface area contributed by atoms with Crippen LogP contribution in [0.15, 0.2) is 53.4 Å². The Balaban J connectivity index is 2.23. The van der Waals surface area contributed by atoms with E-state index in [0.29, 0.717) is 17.7 Å². The third-order valence-electron chi connectivity index (χ3n) is 3.04. The molecule has 0 unspecified atom stereocenters. The van der Waals surface area contributed by atoms with Gasteiger partial charge < -0.3 is 0 Å². The summed E-state index contributed by atoms with van der Waals surface area (Å²) in [7, 11) is -4.01. The first kappa shape index (κ1) is 17.0. The Hall–Kier alpha value is -2.35. The number of ketones is 1. The molecule has 0 aromatic heterocycles. The lowest BCUT2D eigenvalue weighted by Gasteiger charge is -2.10. The second-order valence-electron chi connectivity index (χ2n) is 4.76. The summed E-state index contributed by atoms with van der Waals surface area (Å²) in [4.78, 5) is 10.9. The van der Waals surface area contributed by atoms with Crippen LogP contribution in [0.4, 0.5) is 18.9 Å². The van der Waals surface area contributed by atoms with E-state index in [0.717, 1.165) is 12.1 Å². The Labute approximate surface area is 131 Å². The van der Waals surface area contributed by atoms with Gasteiger partial charge in [0.15, 0.2) is 5.78 Å². The predicted octanol–water partition coefficient (Wildman–Crippen LogP) is 3.71. The summed E-state index contributed by atoms with van der Waals surface area (Å²) in [5, 5.41) is 0. The molecule has 23 heavy (non-hydrogen) atoms. The standard InChI is InChI=1S/C15H12F3NO3S/c1-10(20)11-2-6-13(7-3-11)19-23(21,22)14-8-4-12(5-9-14)15(16,17)18/h2-9,19H,1H3. The van der Waals surface area contributed by atoms with Gasteiger partial charge in [-0.1, -0.05) is 0 Å². The van der Waals surface area contributed by atoms with Crippen LogP contribution in [0, 0.1) is 0 Å². The molecule has 2 rings (SSSR count). The summed E-state index contributed by atoms with van der Waals surface area (Å²) >= 11 is 0. The molecule has 0 saturated heterocycles. The molecule has 0 bridgehead atoms. The number of nitrogens with one attached hydrogen (secondary N) is 1. The quantitative estimate of drug-likeness (QED) is 0.861. The molecule has 0 fully saturated rings. The van der Waals surface area contributed by atoms with E-state index in [4.69, 9.17) is 0 Å². The van der Waals surface area contributed by atoms with Gasteiger partial charge in [0.1, 0.15) is 0 Å². The molecule has 0 aliphatic carbocycles. The number of carbonyl (C=O) groups excluding carboxylic acids is 1. The van der Waals surface area contributed by atoms with E-state index in [-0.39, 0.29) is 16.4 Å². The van der Waals surface area contributed by atoms with Crippen molar-refractivity contribution in [3.63, 3.8) is 0 Å². The van der Waals surface area contributed by atoms with Gasteiger partial charge >= 0.3 is 6.18 Å². The first-order valence-electron chi connectivity index (χ1n) is 6.41. The fraction of sp³-hybridized carbons (Fsp3) is 0.133. The number of anilines is 1. The number of hydrogen-bond acceptors (Lipinski definition) is 3. The average Bonchev–Trinajstić information content (AvgIpc) is 2.46. The molecule has 2 aromatic rings. The van der Waals surface area contributed by atoms with E-state index in [1.165, 1.54) is 31.2 Å². The van der Waals surface area contributed by atoms with Crippen molar-refractivity contribution in [1.82, 2.24) is 0 Å². The van der Waals surface area contributed by atoms with Crippen LogP contribution in [0.25, 0.3) is 0 Å². The molecule has 0 atom stereocenters. The second-order valence-corrected chi connectivity index (χ2v) is 6.44. The molecular formula is C15H12F3NO3S. The van der Waals surface area contributed by atoms with Crippen molar-refractivity contribution in [2.75, 3.05) is 4.72 Å². The zero-order valence-electron chi connectivity index (χ0n) is 11.9. The van der Waals surface area contributed by atoms with Crippen molar-refractivity contribution in [2.24, 2.45) is 0 Å². The van der Waals surface area contributed by atoms with Gasteiger partial charge in [-0.25, -0.2) is 8.42 Å². The SMILES string of the molecule is CC(=O)c1ccc(NS(=O)(=O)c2ccc(C(F)(F)F)cc2)cc1. The molecule has 0 radical (unpaired) electrons. The third-order valence-corrected chi connectivity index (χ3v) is 4.43. The Kier molecular flexibility index (Phi) is 4.46. The number of halogens is 3. The van der Waals surface area contributed by atoms with Gasteiger partial charge in [0.05, 0.1) is 10.5 Å². The number of sulfonamides is 1. The summed E-state index contributed by atoms with van der Waals surface area (Å²) < 4.78 is 63.9. The highest BCUT2D eigenvalue weighted by atomic mass is 32.2. The van der Waals surface area contributed by atoms with E-state index in [1.807, 2.05) is 0 Å². The molecule has 0 aliphatic rings. The molecule has 4 nitrogen and oxygen atoms in total. The van der Waals surface area contributed by atoms with Crippen LogP contribution >= 0.6 is 0 Å². The summed E-state index contributed by atoms with van der Waals surface area (Å²) in [6.07, 6.45) is -4.53. The molecule has 8 heteroatoms. The lowest BCUT2D eigenvalue weighted by Crippen LogP contribution is -2.13. The summed E-state index contributed by atoms with van der Waals surface area (Å²) in [5.41, 5.74) is -0.306. The zero-order valence-corrected chi connectivity index (χ0v) is 12.7. The van der Waals surface area contributed by atoms with Crippen molar-refractivity contribution >= 4 is 21.5 Å². The normalized spacial score (nSPS) is 12.0. The zero-order chi connectivity index (χ0) is 17.3. The minimum atomic E-state index is -4.53. The number of benzene rings is 2. The van der Waals surface area contributed by atoms with E-state index >= 15 is 0 Å². The average molecular weight is 343 g/mol. The number of carbonyl (C=O) groups is 1. The number of rotatable bonds is 4. The monoisotopic (exact) mass is 343 g/mol. The van der Waals surface area contributed by atoms with Gasteiger partial charge in [-0.05, 0) is 55.5 Å². The molecule has 2 aromatic carbocycles. The van der Waals surface area contributed by atoms with Gasteiger partial charge in [0.25, 0.3) is 10.0 Å². The van der Waals surface area contributed by atoms with Gasteiger partial charge in [-0.3, -0.25) is 9.52 Å². The third kappa shape index (κ3) is 4.10. The van der Waals surface area contributed by atoms with Crippen LogP contribution in [-0.2, 0) is 16.2 Å². The molecule has 122 valence electrons. The van der Waals surface area contributed by atoms with E-state index in [2.05, 4.69) is 4.72 Å². The van der Waals surface area contributed by atoms with E-state index in [1.54, 1.807) is 0 Å². The Bertz CT molecular complexity index is 811.